The zero-order valence-corrected chi connectivity index (χ0v) is 7.88. The maximum Gasteiger partial charge on any atom is 0.329 e. The van der Waals surface area contributed by atoms with Crippen LogP contribution in [-0.2, 0) is 4.79 Å². The first kappa shape index (κ1) is 9.81. The Labute approximate surface area is 81.5 Å². The second-order valence-corrected chi connectivity index (χ2v) is 3.10. The van der Waals surface area contributed by atoms with Crippen molar-refractivity contribution in [3.63, 3.8) is 0 Å². The van der Waals surface area contributed by atoms with Crippen molar-refractivity contribution < 1.29 is 9.90 Å². The summed E-state index contributed by atoms with van der Waals surface area (Å²) in [6.07, 6.45) is 0.978. The first-order valence-corrected chi connectivity index (χ1v) is 4.14. The lowest BCUT2D eigenvalue weighted by atomic mass is 10.1. The highest BCUT2D eigenvalue weighted by Gasteiger charge is 1.99. The number of halogens is 1. The summed E-state index contributed by atoms with van der Waals surface area (Å²) in [6, 6.07) is 7.34. The number of rotatable bonds is 2. The smallest absolute Gasteiger partial charge is 0.329 e. The third-order valence-corrected chi connectivity index (χ3v) is 1.90. The van der Waals surface area contributed by atoms with Crippen LogP contribution in [0.15, 0.2) is 30.3 Å². The molecule has 2 nitrogen and oxygen atoms in total. The number of carboxylic acid groups (broad SMARTS) is 1. The zero-order chi connectivity index (χ0) is 9.84. The summed E-state index contributed by atoms with van der Waals surface area (Å²) in [5.41, 5.74) is 1.83. The number of hydrogen-bond donors (Lipinski definition) is 1. The molecule has 68 valence electrons. The van der Waals surface area contributed by atoms with Gasteiger partial charge >= 0.3 is 5.97 Å². The van der Waals surface area contributed by atoms with Gasteiger partial charge in [-0.25, -0.2) is 4.79 Å². The summed E-state index contributed by atoms with van der Waals surface area (Å²) in [5, 5.41) is 8.68. The number of hydrogen-bond acceptors (Lipinski definition) is 1. The van der Waals surface area contributed by atoms with Crippen LogP contribution in [0.4, 0.5) is 0 Å². The van der Waals surface area contributed by atoms with Crippen LogP contribution in [0.3, 0.4) is 0 Å². The Morgan fingerprint density at radius 3 is 2.38 bits per heavy atom. The molecule has 0 saturated carbocycles. The van der Waals surface area contributed by atoms with Crippen molar-refractivity contribution in [3.8, 4) is 0 Å². The van der Waals surface area contributed by atoms with Crippen LogP contribution >= 0.6 is 11.6 Å². The molecule has 13 heavy (non-hydrogen) atoms. The molecule has 1 N–H and O–H groups in total. The maximum absolute atomic E-state index is 10.3. The maximum atomic E-state index is 10.3. The third-order valence-electron chi connectivity index (χ3n) is 1.58. The Bertz CT molecular complexity index is 338. The Kier molecular flexibility index (Phi) is 3.09. The molecule has 0 aromatic heterocycles. The fourth-order valence-electron chi connectivity index (χ4n) is 0.905. The first-order valence-electron chi connectivity index (χ1n) is 3.77. The van der Waals surface area contributed by atoms with Gasteiger partial charge in [-0.1, -0.05) is 41.4 Å². The molecule has 0 spiro atoms. The van der Waals surface area contributed by atoms with E-state index in [0.29, 0.717) is 0 Å². The van der Waals surface area contributed by atoms with E-state index in [1.807, 2.05) is 19.1 Å². The SMILES string of the molecule is Cc1ccc(C(Cl)=CC(=O)O)cc1. The van der Waals surface area contributed by atoms with E-state index in [4.69, 9.17) is 16.7 Å². The number of aliphatic carboxylic acids is 1. The molecule has 3 heteroatoms. The number of carbonyl (C=O) groups is 1. The van der Waals surface area contributed by atoms with Gasteiger partial charge in [-0.2, -0.15) is 0 Å². The summed E-state index contributed by atoms with van der Waals surface area (Å²) in [5.74, 6) is -1.04. The molecule has 0 bridgehead atoms. The van der Waals surface area contributed by atoms with E-state index in [-0.39, 0.29) is 5.03 Å². The van der Waals surface area contributed by atoms with E-state index in [1.165, 1.54) is 0 Å². The minimum atomic E-state index is -1.04. The van der Waals surface area contributed by atoms with Crippen molar-refractivity contribution in [2.45, 2.75) is 6.92 Å². The quantitative estimate of drug-likeness (QED) is 0.739. The van der Waals surface area contributed by atoms with Gasteiger partial charge in [0.05, 0.1) is 5.03 Å². The van der Waals surface area contributed by atoms with E-state index in [2.05, 4.69) is 0 Å². The van der Waals surface area contributed by atoms with Crippen LogP contribution in [0.5, 0.6) is 0 Å². The average molecular weight is 197 g/mol. The van der Waals surface area contributed by atoms with Gasteiger partial charge in [0.2, 0.25) is 0 Å². The Balaban J connectivity index is 2.96. The van der Waals surface area contributed by atoms with Crippen molar-refractivity contribution in [1.82, 2.24) is 0 Å². The lowest BCUT2D eigenvalue weighted by Gasteiger charge is -1.98. The van der Waals surface area contributed by atoms with Crippen molar-refractivity contribution in [3.05, 3.63) is 41.5 Å². The predicted molar refractivity (Wildman–Crippen MR) is 52.6 cm³/mol. The molecule has 1 rings (SSSR count). The normalized spacial score (nSPS) is 11.4. The molecule has 0 saturated heterocycles. The van der Waals surface area contributed by atoms with Gasteiger partial charge in [0.15, 0.2) is 0 Å². The highest BCUT2D eigenvalue weighted by molar-refractivity contribution is 6.50. The lowest BCUT2D eigenvalue weighted by Crippen LogP contribution is -1.88. The highest BCUT2D eigenvalue weighted by atomic mass is 35.5. The summed E-state index contributed by atoms with van der Waals surface area (Å²) >= 11 is 5.73. The molecule has 0 radical (unpaired) electrons. The van der Waals surface area contributed by atoms with E-state index in [1.54, 1.807) is 12.1 Å². The number of benzene rings is 1. The standard InChI is InChI=1S/C10H9ClO2/c1-7-2-4-8(5-3-7)9(11)6-10(12)13/h2-6H,1H3,(H,12,13). The molecule has 0 aliphatic rings. The summed E-state index contributed by atoms with van der Waals surface area (Å²) < 4.78 is 0. The average Bonchev–Trinajstić information content (AvgIpc) is 2.04. The lowest BCUT2D eigenvalue weighted by molar-refractivity contribution is -0.131. The molecule has 0 unspecified atom stereocenters. The van der Waals surface area contributed by atoms with Crippen LogP contribution in [0, 0.1) is 6.92 Å². The van der Waals surface area contributed by atoms with Gasteiger partial charge in [-0.3, -0.25) is 0 Å². The second-order valence-electron chi connectivity index (χ2n) is 2.70. The van der Waals surface area contributed by atoms with Crippen LogP contribution in [0.2, 0.25) is 0 Å². The van der Waals surface area contributed by atoms with Crippen molar-refractivity contribution >= 4 is 22.6 Å². The van der Waals surface area contributed by atoms with Gasteiger partial charge in [0.25, 0.3) is 0 Å². The highest BCUT2D eigenvalue weighted by Crippen LogP contribution is 2.18. The van der Waals surface area contributed by atoms with Gasteiger partial charge in [-0.05, 0) is 12.5 Å². The molecule has 1 aromatic rings. The van der Waals surface area contributed by atoms with Crippen molar-refractivity contribution in [1.29, 1.82) is 0 Å². The van der Waals surface area contributed by atoms with E-state index >= 15 is 0 Å². The summed E-state index contributed by atoms with van der Waals surface area (Å²) in [7, 11) is 0. The molecule has 0 fully saturated rings. The molecule has 0 aliphatic carbocycles. The van der Waals surface area contributed by atoms with Gasteiger partial charge < -0.3 is 5.11 Å². The monoisotopic (exact) mass is 196 g/mol. The molecule has 1 aromatic carbocycles. The first-order chi connectivity index (χ1) is 6.09. The fourth-order valence-corrected chi connectivity index (χ4v) is 1.12. The van der Waals surface area contributed by atoms with Crippen molar-refractivity contribution in [2.24, 2.45) is 0 Å². The van der Waals surface area contributed by atoms with Crippen LogP contribution < -0.4 is 0 Å². The number of aryl methyl sites for hydroxylation is 1. The van der Waals surface area contributed by atoms with Gasteiger partial charge in [0, 0.05) is 6.08 Å². The van der Waals surface area contributed by atoms with E-state index in [0.717, 1.165) is 17.2 Å². The minimum absolute atomic E-state index is 0.243. The van der Waals surface area contributed by atoms with Crippen LogP contribution in [-0.4, -0.2) is 11.1 Å². The molecular formula is C10H9ClO2. The molecule has 0 aliphatic heterocycles. The molecule has 0 heterocycles. The minimum Gasteiger partial charge on any atom is -0.478 e. The zero-order valence-electron chi connectivity index (χ0n) is 7.12. The van der Waals surface area contributed by atoms with E-state index in [9.17, 15) is 4.79 Å². The molecule has 0 atom stereocenters. The van der Waals surface area contributed by atoms with Crippen molar-refractivity contribution in [2.75, 3.05) is 0 Å². The van der Waals surface area contributed by atoms with Gasteiger partial charge in [-0.15, -0.1) is 0 Å². The Morgan fingerprint density at radius 1 is 1.38 bits per heavy atom. The molecular weight excluding hydrogens is 188 g/mol. The Hall–Kier alpha value is -1.28. The molecule has 0 amide bonds. The number of carboxylic acids is 1. The van der Waals surface area contributed by atoms with Crippen LogP contribution in [0.25, 0.3) is 5.03 Å². The van der Waals surface area contributed by atoms with E-state index < -0.39 is 5.97 Å². The predicted octanol–water partition coefficient (Wildman–Crippen LogP) is 2.66. The van der Waals surface area contributed by atoms with Gasteiger partial charge in [0.1, 0.15) is 0 Å². The third kappa shape index (κ3) is 2.92. The largest absolute Gasteiger partial charge is 0.478 e. The summed E-state index contributed by atoms with van der Waals surface area (Å²) in [6.45, 7) is 1.96. The second kappa shape index (κ2) is 4.10. The summed E-state index contributed by atoms with van der Waals surface area (Å²) in [4.78, 5) is 10.3. The Morgan fingerprint density at radius 2 is 1.92 bits per heavy atom. The van der Waals surface area contributed by atoms with Crippen LogP contribution in [0.1, 0.15) is 11.1 Å². The fraction of sp³-hybridized carbons (Fsp3) is 0.100. The topological polar surface area (TPSA) is 37.3 Å².